The number of aryl methyl sites for hydroxylation is 3. The number of hydrogen-bond donors (Lipinski definition) is 1. The van der Waals surface area contributed by atoms with Gasteiger partial charge in [-0.05, 0) is 68.7 Å². The molecule has 0 spiro atoms. The van der Waals surface area contributed by atoms with Crippen molar-refractivity contribution in [1.29, 1.82) is 0 Å². The Hall–Kier alpha value is -4.31. The quantitative estimate of drug-likeness (QED) is 0.350. The van der Waals surface area contributed by atoms with Crippen molar-refractivity contribution < 1.29 is 18.7 Å². The van der Waals surface area contributed by atoms with Gasteiger partial charge in [0.05, 0.1) is 6.10 Å². The molecule has 0 bridgehead atoms. The summed E-state index contributed by atoms with van der Waals surface area (Å²) in [6, 6.07) is 17.6. The van der Waals surface area contributed by atoms with Crippen molar-refractivity contribution in [2.45, 2.75) is 52.3 Å². The van der Waals surface area contributed by atoms with Gasteiger partial charge in [-0.3, -0.25) is 14.5 Å². The number of anilines is 1. The summed E-state index contributed by atoms with van der Waals surface area (Å²) in [4.78, 5) is 30.4. The van der Waals surface area contributed by atoms with Gasteiger partial charge in [0.2, 0.25) is 5.82 Å². The third-order valence-electron chi connectivity index (χ3n) is 6.65. The molecule has 2 amide bonds. The van der Waals surface area contributed by atoms with Crippen molar-refractivity contribution in [2.24, 2.45) is 0 Å². The van der Waals surface area contributed by atoms with Gasteiger partial charge in [-0.2, -0.15) is 4.80 Å². The van der Waals surface area contributed by atoms with Gasteiger partial charge in [-0.1, -0.05) is 42.0 Å². The van der Waals surface area contributed by atoms with E-state index in [1.807, 2.05) is 56.3 Å². The lowest BCUT2D eigenvalue weighted by Crippen LogP contribution is -2.46. The fourth-order valence-electron chi connectivity index (χ4n) is 4.63. The van der Waals surface area contributed by atoms with Crippen LogP contribution in [0.3, 0.4) is 0 Å². The molecule has 10 heteroatoms. The molecule has 4 aromatic rings. The first-order valence-electron chi connectivity index (χ1n) is 13.1. The summed E-state index contributed by atoms with van der Waals surface area (Å²) in [7, 11) is 0. The number of nitrogens with one attached hydrogen (secondary N) is 1. The highest BCUT2D eigenvalue weighted by Crippen LogP contribution is 2.30. The van der Waals surface area contributed by atoms with Crippen molar-refractivity contribution in [3.8, 4) is 11.4 Å². The van der Waals surface area contributed by atoms with Gasteiger partial charge >= 0.3 is 0 Å². The summed E-state index contributed by atoms with van der Waals surface area (Å²) < 4.78 is 11.6. The van der Waals surface area contributed by atoms with Crippen LogP contribution in [-0.2, 0) is 20.9 Å². The van der Waals surface area contributed by atoms with Crippen molar-refractivity contribution in [2.75, 3.05) is 18.1 Å². The molecule has 1 fully saturated rings. The second kappa shape index (κ2) is 11.6. The largest absolute Gasteiger partial charge is 0.464 e. The Morgan fingerprint density at radius 2 is 1.90 bits per heavy atom. The molecule has 5 rings (SSSR count). The van der Waals surface area contributed by atoms with E-state index < -0.39 is 6.04 Å². The molecule has 10 nitrogen and oxygen atoms in total. The first-order valence-corrected chi connectivity index (χ1v) is 13.1. The van der Waals surface area contributed by atoms with E-state index >= 15 is 0 Å². The maximum absolute atomic E-state index is 14.0. The number of furan rings is 1. The molecule has 202 valence electrons. The molecule has 39 heavy (non-hydrogen) atoms. The number of nitrogens with zero attached hydrogens (tertiary/aromatic N) is 5. The first-order chi connectivity index (χ1) is 18.9. The Morgan fingerprint density at radius 1 is 1.08 bits per heavy atom. The SMILES string of the molecule is Cc1ccc(-c2nnn(CC(=O)N(c3cccc(C)c3)[C@@H](C(=O)NC[C@H]3CCCO3)c3ccc(C)o3)n2)cc1. The molecule has 3 heterocycles. The molecule has 1 aliphatic rings. The lowest BCUT2D eigenvalue weighted by molar-refractivity contribution is -0.127. The molecule has 2 aromatic carbocycles. The van der Waals surface area contributed by atoms with E-state index in [0.29, 0.717) is 36.2 Å². The number of ether oxygens (including phenoxy) is 1. The number of carbonyl (C=O) groups is 2. The molecule has 0 unspecified atom stereocenters. The van der Waals surface area contributed by atoms with Crippen LogP contribution in [-0.4, -0.2) is 51.3 Å². The smallest absolute Gasteiger partial charge is 0.251 e. The molecule has 2 aromatic heterocycles. The van der Waals surface area contributed by atoms with E-state index in [-0.39, 0.29) is 24.5 Å². The minimum Gasteiger partial charge on any atom is -0.464 e. The molecule has 0 saturated carbocycles. The average molecular weight is 529 g/mol. The van der Waals surface area contributed by atoms with Crippen molar-refractivity contribution in [3.63, 3.8) is 0 Å². The number of rotatable bonds is 9. The number of hydrogen-bond acceptors (Lipinski definition) is 7. The van der Waals surface area contributed by atoms with Crippen molar-refractivity contribution in [1.82, 2.24) is 25.5 Å². The van der Waals surface area contributed by atoms with E-state index in [4.69, 9.17) is 9.15 Å². The third kappa shape index (κ3) is 6.23. The molecule has 0 radical (unpaired) electrons. The average Bonchev–Trinajstić information content (AvgIpc) is 3.69. The molecule has 1 aliphatic heterocycles. The zero-order valence-electron chi connectivity index (χ0n) is 22.3. The normalized spacial score (nSPS) is 15.7. The number of aromatic nitrogens is 4. The summed E-state index contributed by atoms with van der Waals surface area (Å²) >= 11 is 0. The summed E-state index contributed by atoms with van der Waals surface area (Å²) in [6.07, 6.45) is 1.80. The lowest BCUT2D eigenvalue weighted by atomic mass is 10.1. The minimum atomic E-state index is -1.05. The Kier molecular flexibility index (Phi) is 7.83. The number of benzene rings is 2. The first kappa shape index (κ1) is 26.3. The minimum absolute atomic E-state index is 0.0457. The predicted molar refractivity (Wildman–Crippen MR) is 145 cm³/mol. The highest BCUT2D eigenvalue weighted by Gasteiger charge is 2.36. The van der Waals surface area contributed by atoms with Gasteiger partial charge in [-0.25, -0.2) is 0 Å². The lowest BCUT2D eigenvalue weighted by Gasteiger charge is -2.30. The summed E-state index contributed by atoms with van der Waals surface area (Å²) in [6.45, 7) is 6.56. The van der Waals surface area contributed by atoms with Crippen LogP contribution in [0.15, 0.2) is 65.1 Å². The van der Waals surface area contributed by atoms with Gasteiger partial charge in [0.1, 0.15) is 18.1 Å². The van der Waals surface area contributed by atoms with E-state index in [9.17, 15) is 9.59 Å². The molecule has 1 saturated heterocycles. The molecular formula is C29H32N6O4. The Bertz CT molecular complexity index is 1440. The Morgan fingerprint density at radius 3 is 2.59 bits per heavy atom. The van der Waals surface area contributed by atoms with E-state index in [1.165, 1.54) is 9.70 Å². The molecule has 2 atom stereocenters. The highest BCUT2D eigenvalue weighted by atomic mass is 16.5. The summed E-state index contributed by atoms with van der Waals surface area (Å²) in [5.41, 5.74) is 3.42. The number of carbonyl (C=O) groups excluding carboxylic acids is 2. The summed E-state index contributed by atoms with van der Waals surface area (Å²) in [5.74, 6) is 0.664. The Labute approximate surface area is 227 Å². The van der Waals surface area contributed by atoms with Gasteiger partial charge in [-0.15, -0.1) is 10.2 Å². The van der Waals surface area contributed by atoms with Crippen molar-refractivity contribution in [3.05, 3.63) is 83.3 Å². The van der Waals surface area contributed by atoms with Crippen LogP contribution in [0.5, 0.6) is 0 Å². The zero-order valence-corrected chi connectivity index (χ0v) is 22.3. The Balaban J connectivity index is 1.46. The summed E-state index contributed by atoms with van der Waals surface area (Å²) in [5, 5.41) is 15.6. The standard InChI is InChI=1S/C29H32N6O4/c1-19-9-12-22(13-10-19)28-31-33-34(32-28)18-26(36)35(23-7-4-6-20(2)16-23)27(25-14-11-21(3)39-25)29(37)30-17-24-8-5-15-38-24/h4,6-7,9-14,16,24,27H,5,8,15,17-18H2,1-3H3,(H,30,37)/t24-,27-/m1/s1. The topological polar surface area (TPSA) is 115 Å². The third-order valence-corrected chi connectivity index (χ3v) is 6.65. The van der Waals surface area contributed by atoms with Crippen LogP contribution >= 0.6 is 0 Å². The van der Waals surface area contributed by atoms with Crippen LogP contribution in [0, 0.1) is 20.8 Å². The van der Waals surface area contributed by atoms with Gasteiger partial charge in [0.15, 0.2) is 6.04 Å². The van der Waals surface area contributed by atoms with Crippen LogP contribution in [0.2, 0.25) is 0 Å². The number of tetrazole rings is 1. The van der Waals surface area contributed by atoms with Crippen LogP contribution in [0.25, 0.3) is 11.4 Å². The van der Waals surface area contributed by atoms with Gasteiger partial charge in [0, 0.05) is 24.4 Å². The van der Waals surface area contributed by atoms with Crippen molar-refractivity contribution >= 4 is 17.5 Å². The highest BCUT2D eigenvalue weighted by molar-refractivity contribution is 6.01. The van der Waals surface area contributed by atoms with E-state index in [1.54, 1.807) is 25.1 Å². The molecular weight excluding hydrogens is 496 g/mol. The molecule has 1 N–H and O–H groups in total. The fourth-order valence-corrected chi connectivity index (χ4v) is 4.63. The second-order valence-electron chi connectivity index (χ2n) is 9.84. The monoisotopic (exact) mass is 528 g/mol. The predicted octanol–water partition coefficient (Wildman–Crippen LogP) is 3.93. The molecule has 0 aliphatic carbocycles. The second-order valence-corrected chi connectivity index (χ2v) is 9.84. The van der Waals surface area contributed by atoms with Gasteiger partial charge in [0.25, 0.3) is 11.8 Å². The van der Waals surface area contributed by atoms with Crippen LogP contribution in [0.1, 0.15) is 41.5 Å². The van der Waals surface area contributed by atoms with Crippen LogP contribution in [0.4, 0.5) is 5.69 Å². The van der Waals surface area contributed by atoms with E-state index in [0.717, 1.165) is 29.5 Å². The maximum Gasteiger partial charge on any atom is 0.251 e. The zero-order chi connectivity index (χ0) is 27.4. The van der Waals surface area contributed by atoms with Gasteiger partial charge < -0.3 is 14.5 Å². The fraction of sp³-hybridized carbons (Fsp3) is 0.345. The van der Waals surface area contributed by atoms with E-state index in [2.05, 4.69) is 20.7 Å². The maximum atomic E-state index is 14.0. The van der Waals surface area contributed by atoms with Crippen LogP contribution < -0.4 is 10.2 Å². The number of amides is 2.